The molecule has 0 heterocycles. The predicted molar refractivity (Wildman–Crippen MR) is 142 cm³/mol. The molecular formula is C31H50O6. The molecule has 0 amide bonds. The number of hydrogen-bond donors (Lipinski definition) is 4. The molecule has 37 heavy (non-hydrogen) atoms. The number of carbonyl (C=O) groups is 1. The van der Waals surface area contributed by atoms with Gasteiger partial charge in [0.2, 0.25) is 0 Å². The summed E-state index contributed by atoms with van der Waals surface area (Å²) in [5.41, 5.74) is -1.46. The Morgan fingerprint density at radius 2 is 1.68 bits per heavy atom. The third kappa shape index (κ3) is 3.16. The molecule has 0 aromatic rings. The zero-order chi connectivity index (χ0) is 27.5. The monoisotopic (exact) mass is 518 g/mol. The second-order valence-electron chi connectivity index (χ2n) is 15.1. The molecule has 0 radical (unpaired) electrons. The molecule has 5 aliphatic rings. The van der Waals surface area contributed by atoms with Crippen LogP contribution in [0.4, 0.5) is 0 Å². The molecule has 6 heteroatoms. The van der Waals surface area contributed by atoms with Crippen molar-refractivity contribution in [3.05, 3.63) is 11.6 Å². The summed E-state index contributed by atoms with van der Waals surface area (Å²) in [5, 5.41) is 44.9. The van der Waals surface area contributed by atoms with Gasteiger partial charge in [0.15, 0.2) is 0 Å². The molecule has 0 saturated heterocycles. The maximum absolute atomic E-state index is 12.9. The molecule has 4 N–H and O–H groups in total. The third-order valence-corrected chi connectivity index (χ3v) is 13.6. The Bertz CT molecular complexity index is 990. The summed E-state index contributed by atoms with van der Waals surface area (Å²) in [6, 6.07) is 0. The second-order valence-corrected chi connectivity index (χ2v) is 15.1. The quantitative estimate of drug-likeness (QED) is 0.396. The lowest BCUT2D eigenvalue weighted by molar-refractivity contribution is -0.280. The van der Waals surface area contributed by atoms with Gasteiger partial charge in [-0.1, -0.05) is 60.1 Å². The second kappa shape index (κ2) is 8.28. The normalized spacial score (nSPS) is 56.7. The maximum atomic E-state index is 12.9. The predicted octanol–water partition coefficient (Wildman–Crippen LogP) is 4.66. The Kier molecular flexibility index (Phi) is 6.18. The van der Waals surface area contributed by atoms with Crippen LogP contribution in [-0.4, -0.2) is 57.9 Å². The highest BCUT2D eigenvalue weighted by molar-refractivity contribution is 5.76. The minimum Gasteiger partial charge on any atom is -0.481 e. The summed E-state index contributed by atoms with van der Waals surface area (Å²) in [6.45, 7) is 15.3. The van der Waals surface area contributed by atoms with Gasteiger partial charge in [-0.3, -0.25) is 4.79 Å². The number of allylic oxidation sites excluding steroid dienone is 1. The van der Waals surface area contributed by atoms with Gasteiger partial charge in [0, 0.05) is 18.4 Å². The number of carboxylic acids is 1. The Hall–Kier alpha value is -0.950. The average Bonchev–Trinajstić information content (AvgIpc) is 2.82. The smallest absolute Gasteiger partial charge is 0.310 e. The number of carboxylic acid groups (broad SMARTS) is 1. The van der Waals surface area contributed by atoms with Crippen molar-refractivity contribution in [1.82, 2.24) is 0 Å². The van der Waals surface area contributed by atoms with Crippen LogP contribution in [0.1, 0.15) is 87.0 Å². The van der Waals surface area contributed by atoms with E-state index in [9.17, 15) is 25.2 Å². The van der Waals surface area contributed by atoms with Crippen molar-refractivity contribution in [3.8, 4) is 0 Å². The molecule has 4 fully saturated rings. The SMILES string of the molecule is CO[C@@H]1C=C2[C@H]3[C@@H](C)[C@H](C)CC[C@]3(C(=O)O)CC[C@@]2(C)[C@@]2(C)[C@H]1[C@@]1(C)C[C@@H](O)[C@H](O)C(C)(C)[C@H]1C[C@@H]2O. The van der Waals surface area contributed by atoms with Gasteiger partial charge in [-0.25, -0.2) is 0 Å². The lowest BCUT2D eigenvalue weighted by Crippen LogP contribution is -2.73. The fourth-order valence-electron chi connectivity index (χ4n) is 11.2. The molecule has 0 aromatic carbocycles. The van der Waals surface area contributed by atoms with Crippen LogP contribution in [0.5, 0.6) is 0 Å². The van der Waals surface area contributed by atoms with E-state index in [0.717, 1.165) is 12.8 Å². The van der Waals surface area contributed by atoms with Crippen molar-refractivity contribution in [2.75, 3.05) is 7.11 Å². The zero-order valence-electron chi connectivity index (χ0n) is 24.1. The highest BCUT2D eigenvalue weighted by Crippen LogP contribution is 2.76. The first-order chi connectivity index (χ1) is 17.0. The largest absolute Gasteiger partial charge is 0.481 e. The molecule has 0 spiro atoms. The Balaban J connectivity index is 1.73. The van der Waals surface area contributed by atoms with Crippen LogP contribution in [0.15, 0.2) is 11.6 Å². The first kappa shape index (κ1) is 27.6. The highest BCUT2D eigenvalue weighted by Gasteiger charge is 2.74. The van der Waals surface area contributed by atoms with Crippen LogP contribution in [-0.2, 0) is 9.53 Å². The molecule has 5 aliphatic carbocycles. The van der Waals surface area contributed by atoms with E-state index < -0.39 is 40.5 Å². The molecule has 210 valence electrons. The molecule has 13 atom stereocenters. The molecule has 0 aliphatic heterocycles. The Morgan fingerprint density at radius 1 is 1.03 bits per heavy atom. The molecule has 4 saturated carbocycles. The van der Waals surface area contributed by atoms with Gasteiger partial charge < -0.3 is 25.2 Å². The number of aliphatic hydroxyl groups is 3. The number of aliphatic carboxylic acids is 1. The first-order valence-electron chi connectivity index (χ1n) is 14.6. The van der Waals surface area contributed by atoms with E-state index in [-0.39, 0.29) is 40.6 Å². The minimum atomic E-state index is -0.844. The topological polar surface area (TPSA) is 107 Å². The zero-order valence-corrected chi connectivity index (χ0v) is 24.1. The fraction of sp³-hybridized carbons (Fsp3) is 0.903. The standard InChI is InChI=1S/C31H50O6/c1-16-9-10-31(26(35)36)12-11-29(6)18(23(31)17(16)2)13-20(37-8)24-28(5)15-19(32)25(34)27(3,4)21(28)14-22(33)30(24,29)7/h13,16-17,19-25,32-34H,9-12,14-15H2,1-8H3,(H,35,36)/t16-,17+,19-,20-,21-,22+,23-,24-,25+,28+,29-,30-,31+/m1/s1. The number of aliphatic hydroxyl groups excluding tert-OH is 3. The van der Waals surface area contributed by atoms with E-state index in [4.69, 9.17) is 4.74 Å². The van der Waals surface area contributed by atoms with Crippen LogP contribution in [0.3, 0.4) is 0 Å². The lowest BCUT2D eigenvalue weighted by atomic mass is 9.32. The van der Waals surface area contributed by atoms with Crippen molar-refractivity contribution in [2.45, 2.75) is 111 Å². The van der Waals surface area contributed by atoms with Gasteiger partial charge >= 0.3 is 5.97 Å². The van der Waals surface area contributed by atoms with Gasteiger partial charge in [0.1, 0.15) is 0 Å². The van der Waals surface area contributed by atoms with E-state index in [0.29, 0.717) is 31.6 Å². The van der Waals surface area contributed by atoms with E-state index in [1.807, 2.05) is 13.8 Å². The average molecular weight is 519 g/mol. The van der Waals surface area contributed by atoms with Crippen molar-refractivity contribution < 1.29 is 30.0 Å². The van der Waals surface area contributed by atoms with Crippen molar-refractivity contribution in [1.29, 1.82) is 0 Å². The number of methoxy groups -OCH3 is 1. The van der Waals surface area contributed by atoms with E-state index in [2.05, 4.69) is 40.7 Å². The van der Waals surface area contributed by atoms with Crippen LogP contribution in [0, 0.1) is 56.7 Å². The molecule has 5 rings (SSSR count). The fourth-order valence-corrected chi connectivity index (χ4v) is 11.2. The Morgan fingerprint density at radius 3 is 2.27 bits per heavy atom. The summed E-state index contributed by atoms with van der Waals surface area (Å²) >= 11 is 0. The van der Waals surface area contributed by atoms with Crippen LogP contribution in [0.2, 0.25) is 0 Å². The van der Waals surface area contributed by atoms with Gasteiger partial charge in [0.05, 0.1) is 29.8 Å². The summed E-state index contributed by atoms with van der Waals surface area (Å²) < 4.78 is 6.27. The van der Waals surface area contributed by atoms with Crippen LogP contribution < -0.4 is 0 Å². The summed E-state index contributed by atoms with van der Waals surface area (Å²) in [7, 11) is 1.73. The number of rotatable bonds is 2. The number of fused-ring (bicyclic) bond motifs is 7. The number of hydrogen-bond acceptors (Lipinski definition) is 5. The molecular weight excluding hydrogens is 468 g/mol. The van der Waals surface area contributed by atoms with Gasteiger partial charge in [-0.15, -0.1) is 0 Å². The molecule has 0 unspecified atom stereocenters. The molecule has 0 bridgehead atoms. The Labute approximate surface area is 222 Å². The van der Waals surface area contributed by atoms with E-state index in [1.165, 1.54) is 5.57 Å². The molecule has 6 nitrogen and oxygen atoms in total. The summed E-state index contributed by atoms with van der Waals surface area (Å²) in [5.74, 6) is -0.177. The minimum absolute atomic E-state index is 0.0120. The highest BCUT2D eigenvalue weighted by atomic mass is 16.5. The number of ether oxygens (including phenoxy) is 1. The summed E-state index contributed by atoms with van der Waals surface area (Å²) in [4.78, 5) is 12.9. The van der Waals surface area contributed by atoms with Crippen molar-refractivity contribution in [2.24, 2.45) is 56.7 Å². The van der Waals surface area contributed by atoms with Crippen LogP contribution in [0.25, 0.3) is 0 Å². The van der Waals surface area contributed by atoms with Gasteiger partial charge in [-0.05, 0) is 78.4 Å². The lowest BCUT2D eigenvalue weighted by Gasteiger charge is -2.73. The van der Waals surface area contributed by atoms with E-state index in [1.54, 1.807) is 7.11 Å². The first-order valence-corrected chi connectivity index (χ1v) is 14.6. The van der Waals surface area contributed by atoms with Crippen LogP contribution >= 0.6 is 0 Å². The summed E-state index contributed by atoms with van der Waals surface area (Å²) in [6.07, 6.45) is 3.64. The molecule has 0 aromatic heterocycles. The van der Waals surface area contributed by atoms with Gasteiger partial charge in [-0.2, -0.15) is 0 Å². The van der Waals surface area contributed by atoms with Crippen molar-refractivity contribution >= 4 is 5.97 Å². The van der Waals surface area contributed by atoms with Gasteiger partial charge in [0.25, 0.3) is 0 Å². The third-order valence-electron chi connectivity index (χ3n) is 13.6. The van der Waals surface area contributed by atoms with E-state index >= 15 is 0 Å². The van der Waals surface area contributed by atoms with Crippen molar-refractivity contribution in [3.63, 3.8) is 0 Å². The maximum Gasteiger partial charge on any atom is 0.310 e.